The largest absolute Gasteiger partial charge is 0.489 e. The summed E-state index contributed by atoms with van der Waals surface area (Å²) in [4.78, 5) is 46.0. The van der Waals surface area contributed by atoms with E-state index < -0.39 is 17.8 Å². The zero-order chi connectivity index (χ0) is 29.6. The Kier molecular flexibility index (Phi) is 9.49. The Labute approximate surface area is 231 Å². The molecule has 0 unspecified atom stereocenters. The fraction of sp³-hybridized carbons (Fsp3) is 0.321. The molecule has 12 nitrogen and oxygen atoms in total. The SMILES string of the molecule is CC(C)Oc1cc(C(=O)O)ccc1NC(=O)c1ccc(NC(=O)c2ccc(N)c(OC(C)C)n2)c(OC(C)C)n1. The van der Waals surface area contributed by atoms with Crippen molar-refractivity contribution in [2.75, 3.05) is 16.4 Å². The monoisotopic (exact) mass is 551 g/mol. The van der Waals surface area contributed by atoms with Crippen LogP contribution in [0.3, 0.4) is 0 Å². The van der Waals surface area contributed by atoms with Crippen LogP contribution in [-0.2, 0) is 0 Å². The third kappa shape index (κ3) is 7.82. The molecule has 3 aromatic rings. The van der Waals surface area contributed by atoms with Crippen LogP contribution in [-0.4, -0.2) is 51.2 Å². The van der Waals surface area contributed by atoms with Crippen molar-refractivity contribution in [2.45, 2.75) is 59.9 Å². The second-order valence-corrected chi connectivity index (χ2v) is 9.56. The molecule has 0 saturated heterocycles. The molecule has 0 fully saturated rings. The van der Waals surface area contributed by atoms with Gasteiger partial charge in [-0.2, -0.15) is 0 Å². The lowest BCUT2D eigenvalue weighted by Gasteiger charge is -2.17. The summed E-state index contributed by atoms with van der Waals surface area (Å²) in [6.45, 7) is 10.7. The van der Waals surface area contributed by atoms with Gasteiger partial charge in [-0.05, 0) is 84.0 Å². The number of nitrogens with zero attached hydrogens (tertiary/aromatic N) is 2. The Morgan fingerprint density at radius 2 is 1.23 bits per heavy atom. The standard InChI is InChI=1S/C28H33N5O7/c1-14(2)38-23-13-17(28(36)37)7-9-19(23)30-24(34)21-11-12-22(27(33-21)40-16(5)6)31-25(35)20-10-8-18(29)26(32-20)39-15(3)4/h7-16H,29H2,1-6H3,(H,30,34)(H,31,35)(H,36,37). The molecule has 0 radical (unpaired) electrons. The van der Waals surface area contributed by atoms with Gasteiger partial charge in [0.15, 0.2) is 0 Å². The molecule has 5 N–H and O–H groups in total. The van der Waals surface area contributed by atoms with Crippen LogP contribution in [0.5, 0.6) is 17.5 Å². The molecule has 0 aliphatic heterocycles. The van der Waals surface area contributed by atoms with Crippen molar-refractivity contribution in [3.8, 4) is 17.5 Å². The topological polar surface area (TPSA) is 175 Å². The van der Waals surface area contributed by atoms with Crippen molar-refractivity contribution in [2.24, 2.45) is 0 Å². The van der Waals surface area contributed by atoms with Crippen molar-refractivity contribution in [3.05, 3.63) is 59.4 Å². The highest BCUT2D eigenvalue weighted by molar-refractivity contribution is 6.06. The number of nitrogens with two attached hydrogens (primary N) is 1. The number of carboxylic acids is 1. The summed E-state index contributed by atoms with van der Waals surface area (Å²) in [6, 6.07) is 10.0. The van der Waals surface area contributed by atoms with Gasteiger partial charge in [0.25, 0.3) is 11.8 Å². The van der Waals surface area contributed by atoms with Crippen LogP contribution in [0.4, 0.5) is 17.1 Å². The Bertz CT molecular complexity index is 1410. The van der Waals surface area contributed by atoms with Crippen LogP contribution < -0.4 is 30.6 Å². The number of nitrogen functional groups attached to an aromatic ring is 1. The number of hydrogen-bond donors (Lipinski definition) is 4. The molecule has 1 aromatic carbocycles. The van der Waals surface area contributed by atoms with E-state index in [0.717, 1.165) is 0 Å². The first-order chi connectivity index (χ1) is 18.8. The first-order valence-corrected chi connectivity index (χ1v) is 12.6. The Morgan fingerprint density at radius 1 is 0.725 bits per heavy atom. The molecule has 2 heterocycles. The van der Waals surface area contributed by atoms with Gasteiger partial charge in [0.05, 0.1) is 35.3 Å². The van der Waals surface area contributed by atoms with Gasteiger partial charge in [-0.3, -0.25) is 9.59 Å². The number of rotatable bonds is 11. The number of carbonyl (C=O) groups is 3. The number of hydrogen-bond acceptors (Lipinski definition) is 9. The molecule has 0 spiro atoms. The van der Waals surface area contributed by atoms with Gasteiger partial charge in [-0.25, -0.2) is 14.8 Å². The van der Waals surface area contributed by atoms with E-state index in [9.17, 15) is 19.5 Å². The quantitative estimate of drug-likeness (QED) is 0.263. The number of anilines is 3. The predicted octanol–water partition coefficient (Wildman–Crippen LogP) is 4.62. The average Bonchev–Trinajstić information content (AvgIpc) is 2.86. The molecule has 3 rings (SSSR count). The van der Waals surface area contributed by atoms with E-state index >= 15 is 0 Å². The Hall–Kier alpha value is -4.87. The van der Waals surface area contributed by atoms with Gasteiger partial charge in [0.1, 0.15) is 22.8 Å². The van der Waals surface area contributed by atoms with E-state index in [1.807, 2.05) is 13.8 Å². The van der Waals surface area contributed by atoms with Crippen LogP contribution in [0.1, 0.15) is 72.9 Å². The van der Waals surface area contributed by atoms with Gasteiger partial charge in [-0.15, -0.1) is 0 Å². The number of amides is 2. The zero-order valence-electron chi connectivity index (χ0n) is 23.1. The summed E-state index contributed by atoms with van der Waals surface area (Å²) in [7, 11) is 0. The third-order valence-corrected chi connectivity index (χ3v) is 5.00. The second-order valence-electron chi connectivity index (χ2n) is 9.56. The molecule has 0 aliphatic rings. The van der Waals surface area contributed by atoms with Crippen LogP contribution >= 0.6 is 0 Å². The van der Waals surface area contributed by atoms with Gasteiger partial charge in [0.2, 0.25) is 11.8 Å². The van der Waals surface area contributed by atoms with Crippen molar-refractivity contribution >= 4 is 34.8 Å². The van der Waals surface area contributed by atoms with E-state index in [1.165, 1.54) is 42.5 Å². The van der Waals surface area contributed by atoms with Crippen molar-refractivity contribution < 1.29 is 33.7 Å². The highest BCUT2D eigenvalue weighted by atomic mass is 16.5. The molecule has 12 heteroatoms. The lowest BCUT2D eigenvalue weighted by molar-refractivity contribution is 0.0695. The van der Waals surface area contributed by atoms with Crippen molar-refractivity contribution in [3.63, 3.8) is 0 Å². The van der Waals surface area contributed by atoms with Gasteiger partial charge < -0.3 is 35.7 Å². The second kappa shape index (κ2) is 12.8. The smallest absolute Gasteiger partial charge is 0.335 e. The lowest BCUT2D eigenvalue weighted by atomic mass is 10.2. The first-order valence-electron chi connectivity index (χ1n) is 12.6. The summed E-state index contributed by atoms with van der Waals surface area (Å²) in [5, 5.41) is 14.7. The average molecular weight is 552 g/mol. The van der Waals surface area contributed by atoms with Crippen LogP contribution in [0.25, 0.3) is 0 Å². The maximum atomic E-state index is 13.1. The number of benzene rings is 1. The fourth-order valence-corrected chi connectivity index (χ4v) is 3.35. The van der Waals surface area contributed by atoms with Gasteiger partial charge in [-0.1, -0.05) is 0 Å². The minimum Gasteiger partial charge on any atom is -0.489 e. The number of carboxylic acid groups (broad SMARTS) is 1. The van der Waals surface area contributed by atoms with Crippen molar-refractivity contribution in [1.82, 2.24) is 9.97 Å². The maximum absolute atomic E-state index is 13.1. The van der Waals surface area contributed by atoms with Crippen LogP contribution in [0, 0.1) is 0 Å². The molecule has 2 aromatic heterocycles. The van der Waals surface area contributed by atoms with Crippen molar-refractivity contribution in [1.29, 1.82) is 0 Å². The summed E-state index contributed by atoms with van der Waals surface area (Å²) in [6.07, 6.45) is -0.780. The molecule has 0 bridgehead atoms. The minimum absolute atomic E-state index is 0.00955. The maximum Gasteiger partial charge on any atom is 0.335 e. The van der Waals surface area contributed by atoms with Gasteiger partial charge in [0, 0.05) is 0 Å². The van der Waals surface area contributed by atoms with E-state index in [4.69, 9.17) is 19.9 Å². The number of aromatic nitrogens is 2. The summed E-state index contributed by atoms with van der Waals surface area (Å²) in [5.74, 6) is -1.93. The third-order valence-electron chi connectivity index (χ3n) is 5.00. The summed E-state index contributed by atoms with van der Waals surface area (Å²) in [5.41, 5.74) is 6.75. The molecular formula is C28H33N5O7. The molecule has 0 aliphatic carbocycles. The summed E-state index contributed by atoms with van der Waals surface area (Å²) >= 11 is 0. The number of carbonyl (C=O) groups excluding carboxylic acids is 2. The normalized spacial score (nSPS) is 10.9. The number of aromatic carboxylic acids is 1. The van der Waals surface area contributed by atoms with Crippen LogP contribution in [0.15, 0.2) is 42.5 Å². The van der Waals surface area contributed by atoms with Crippen LogP contribution in [0.2, 0.25) is 0 Å². The van der Waals surface area contributed by atoms with Gasteiger partial charge >= 0.3 is 5.97 Å². The first kappa shape index (κ1) is 29.7. The van der Waals surface area contributed by atoms with E-state index in [0.29, 0.717) is 5.69 Å². The molecular weight excluding hydrogens is 518 g/mol. The molecule has 40 heavy (non-hydrogen) atoms. The number of pyridine rings is 2. The molecule has 2 amide bonds. The molecule has 212 valence electrons. The highest BCUT2D eigenvalue weighted by Gasteiger charge is 2.20. The zero-order valence-corrected chi connectivity index (χ0v) is 23.1. The number of ether oxygens (including phenoxy) is 3. The lowest BCUT2D eigenvalue weighted by Crippen LogP contribution is -2.20. The number of nitrogens with one attached hydrogen (secondary N) is 2. The Morgan fingerprint density at radius 3 is 1.80 bits per heavy atom. The van der Waals surface area contributed by atoms with E-state index in [-0.39, 0.29) is 64.1 Å². The fourth-order valence-electron chi connectivity index (χ4n) is 3.35. The molecule has 0 atom stereocenters. The predicted molar refractivity (Wildman–Crippen MR) is 149 cm³/mol. The molecule has 0 saturated carbocycles. The minimum atomic E-state index is -1.13. The van der Waals surface area contributed by atoms with E-state index in [1.54, 1.807) is 27.7 Å². The highest BCUT2D eigenvalue weighted by Crippen LogP contribution is 2.29. The van der Waals surface area contributed by atoms with E-state index in [2.05, 4.69) is 20.6 Å². The summed E-state index contributed by atoms with van der Waals surface area (Å²) < 4.78 is 17.0. The Balaban J connectivity index is 1.87.